The first-order chi connectivity index (χ1) is 15.7. The molecule has 2 aromatic carbocycles. The topological polar surface area (TPSA) is 82.8 Å². The Kier molecular flexibility index (Phi) is 4.25. The van der Waals surface area contributed by atoms with Crippen LogP contribution in [0, 0.1) is 46.8 Å². The van der Waals surface area contributed by atoms with E-state index in [0.717, 1.165) is 22.6 Å². The van der Waals surface area contributed by atoms with Crippen molar-refractivity contribution >= 4 is 18.0 Å². The molecule has 0 spiro atoms. The van der Waals surface area contributed by atoms with Crippen molar-refractivity contribution in [3.05, 3.63) is 77.4 Å². The standard InChI is InChI=1S/C26H21N3O3/c27-12-16-3-1-2-4-17(16)14-32-18-7-5-15(6-8-18)13-28-29-25(30)23-19-9-10-20(22-11-21(19)22)24(23)26(29)31/h1-10,13,19-24H,11,14H2/b28-13+/t19-,20-,21-,22-,23-,24+/m1/s1. The van der Waals surface area contributed by atoms with Gasteiger partial charge < -0.3 is 4.74 Å². The maximum Gasteiger partial charge on any atom is 0.254 e. The minimum absolute atomic E-state index is 0.155. The lowest BCUT2D eigenvalue weighted by molar-refractivity contribution is -0.140. The molecule has 2 saturated carbocycles. The SMILES string of the molecule is N#Cc1ccccc1COc1ccc(/C=N/N2C(=O)[C@@H]3[C@@H]4C=C[C@H]([C@H]5C[C@H]45)[C@@H]3C2=O)cc1. The van der Waals surface area contributed by atoms with E-state index in [1.165, 1.54) is 0 Å². The summed E-state index contributed by atoms with van der Waals surface area (Å²) >= 11 is 0. The van der Waals surface area contributed by atoms with Gasteiger partial charge in [0.2, 0.25) is 0 Å². The minimum atomic E-state index is -0.231. The summed E-state index contributed by atoms with van der Waals surface area (Å²) in [7, 11) is 0. The van der Waals surface area contributed by atoms with Crippen molar-refractivity contribution in [3.63, 3.8) is 0 Å². The van der Waals surface area contributed by atoms with Gasteiger partial charge in [0.25, 0.3) is 11.8 Å². The number of nitrogens with zero attached hydrogens (tertiary/aromatic N) is 3. The third-order valence-corrected chi connectivity index (χ3v) is 7.37. The highest BCUT2D eigenvalue weighted by atomic mass is 16.5. The van der Waals surface area contributed by atoms with Gasteiger partial charge in [0.15, 0.2) is 0 Å². The van der Waals surface area contributed by atoms with Crippen LogP contribution in [0.1, 0.15) is 23.1 Å². The fraction of sp³-hybridized carbons (Fsp3) is 0.308. The Morgan fingerprint density at radius 2 is 1.66 bits per heavy atom. The van der Waals surface area contributed by atoms with E-state index in [9.17, 15) is 14.9 Å². The van der Waals surface area contributed by atoms with Crippen LogP contribution in [0.5, 0.6) is 5.75 Å². The number of benzene rings is 2. The molecule has 0 aromatic heterocycles. The largest absolute Gasteiger partial charge is 0.489 e. The van der Waals surface area contributed by atoms with Crippen LogP contribution >= 0.6 is 0 Å². The van der Waals surface area contributed by atoms with Gasteiger partial charge in [-0.25, -0.2) is 0 Å². The zero-order chi connectivity index (χ0) is 21.8. The van der Waals surface area contributed by atoms with Gasteiger partial charge in [-0.15, -0.1) is 0 Å². The first kappa shape index (κ1) is 19.0. The number of amides is 2. The molecule has 6 heteroatoms. The third-order valence-electron chi connectivity index (χ3n) is 7.37. The molecule has 32 heavy (non-hydrogen) atoms. The maximum absolute atomic E-state index is 13.0. The van der Waals surface area contributed by atoms with Crippen molar-refractivity contribution in [2.75, 3.05) is 0 Å². The van der Waals surface area contributed by atoms with Crippen molar-refractivity contribution in [2.24, 2.45) is 40.6 Å². The Bertz CT molecular complexity index is 1170. The molecule has 3 fully saturated rings. The second-order valence-electron chi connectivity index (χ2n) is 9.01. The summed E-state index contributed by atoms with van der Waals surface area (Å²) in [5.41, 5.74) is 2.20. The molecule has 158 valence electrons. The van der Waals surface area contributed by atoms with Crippen molar-refractivity contribution < 1.29 is 14.3 Å². The first-order valence-corrected chi connectivity index (χ1v) is 11.0. The third kappa shape index (κ3) is 2.89. The maximum atomic E-state index is 13.0. The molecule has 1 aliphatic heterocycles. The summed E-state index contributed by atoms with van der Waals surface area (Å²) in [6.45, 7) is 0.301. The van der Waals surface area contributed by atoms with Crippen LogP contribution in [0.3, 0.4) is 0 Å². The van der Waals surface area contributed by atoms with Gasteiger partial charge in [0.1, 0.15) is 12.4 Å². The van der Waals surface area contributed by atoms with E-state index in [1.54, 1.807) is 24.4 Å². The van der Waals surface area contributed by atoms with Gasteiger partial charge >= 0.3 is 0 Å². The smallest absolute Gasteiger partial charge is 0.254 e. The van der Waals surface area contributed by atoms with Crippen LogP contribution in [0.15, 0.2) is 65.8 Å². The number of nitriles is 1. The average Bonchev–Trinajstić information content (AvgIpc) is 3.61. The monoisotopic (exact) mass is 423 g/mol. The molecule has 2 amide bonds. The van der Waals surface area contributed by atoms with Crippen molar-refractivity contribution in [2.45, 2.75) is 13.0 Å². The highest BCUT2D eigenvalue weighted by Crippen LogP contribution is 2.65. The first-order valence-electron chi connectivity index (χ1n) is 11.0. The highest BCUT2D eigenvalue weighted by molar-refractivity contribution is 6.06. The van der Waals surface area contributed by atoms with Gasteiger partial charge in [-0.05, 0) is 66.0 Å². The van der Waals surface area contributed by atoms with Crippen LogP contribution in [-0.4, -0.2) is 23.0 Å². The molecule has 0 N–H and O–H groups in total. The average molecular weight is 423 g/mol. The van der Waals surface area contributed by atoms with E-state index < -0.39 is 0 Å². The number of imide groups is 1. The molecule has 4 aliphatic carbocycles. The molecule has 2 bridgehead atoms. The second-order valence-corrected chi connectivity index (χ2v) is 9.01. The number of hydrogen-bond acceptors (Lipinski definition) is 5. The van der Waals surface area contributed by atoms with Gasteiger partial charge in [-0.2, -0.15) is 15.4 Å². The normalized spacial score (nSPS) is 31.5. The zero-order valence-electron chi connectivity index (χ0n) is 17.3. The molecule has 1 heterocycles. The molecule has 5 aliphatic rings. The van der Waals surface area contributed by atoms with Gasteiger partial charge in [-0.1, -0.05) is 30.4 Å². The highest BCUT2D eigenvalue weighted by Gasteiger charge is 2.67. The number of hydrogen-bond donors (Lipinski definition) is 0. The molecular weight excluding hydrogens is 402 g/mol. The Morgan fingerprint density at radius 3 is 2.31 bits per heavy atom. The van der Waals surface area contributed by atoms with Crippen molar-refractivity contribution in [1.29, 1.82) is 5.26 Å². The summed E-state index contributed by atoms with van der Waals surface area (Å²) in [6, 6.07) is 16.8. The van der Waals surface area contributed by atoms with E-state index in [2.05, 4.69) is 23.3 Å². The zero-order valence-corrected chi connectivity index (χ0v) is 17.3. The lowest BCUT2D eigenvalue weighted by atomic mass is 9.63. The van der Waals surface area contributed by atoms with E-state index in [4.69, 9.17) is 4.74 Å². The Labute approximate surface area is 185 Å². The quantitative estimate of drug-likeness (QED) is 0.419. The number of ether oxygens (including phenoxy) is 1. The van der Waals surface area contributed by atoms with Crippen LogP contribution in [0.25, 0.3) is 0 Å². The van der Waals surface area contributed by atoms with Crippen LogP contribution in [-0.2, 0) is 16.2 Å². The fourth-order valence-electron chi connectivity index (χ4n) is 5.75. The minimum Gasteiger partial charge on any atom is -0.489 e. The van der Waals surface area contributed by atoms with Crippen molar-refractivity contribution in [3.8, 4) is 11.8 Å². The van der Waals surface area contributed by atoms with Crippen LogP contribution in [0.2, 0.25) is 0 Å². The predicted octanol–water partition coefficient (Wildman–Crippen LogP) is 3.52. The van der Waals surface area contributed by atoms with Gasteiger partial charge in [0.05, 0.1) is 29.7 Å². The number of allylic oxidation sites excluding steroid dienone is 2. The molecule has 6 nitrogen and oxygen atoms in total. The molecular formula is C26H21N3O3. The molecule has 0 unspecified atom stereocenters. The van der Waals surface area contributed by atoms with E-state index in [1.807, 2.05) is 30.3 Å². The van der Waals surface area contributed by atoms with E-state index in [-0.39, 0.29) is 35.5 Å². The van der Waals surface area contributed by atoms with Gasteiger partial charge in [-0.3, -0.25) is 9.59 Å². The van der Waals surface area contributed by atoms with Gasteiger partial charge in [0, 0.05) is 5.56 Å². The predicted molar refractivity (Wildman–Crippen MR) is 116 cm³/mol. The number of hydrazone groups is 1. The van der Waals surface area contributed by atoms with E-state index >= 15 is 0 Å². The molecule has 6 atom stereocenters. The number of carbonyl (C=O) groups excluding carboxylic acids is 2. The molecule has 1 saturated heterocycles. The van der Waals surface area contributed by atoms with Crippen LogP contribution < -0.4 is 4.74 Å². The van der Waals surface area contributed by atoms with Crippen molar-refractivity contribution in [1.82, 2.24) is 5.01 Å². The summed E-state index contributed by atoms with van der Waals surface area (Å²) in [4.78, 5) is 25.9. The lowest BCUT2D eigenvalue weighted by Crippen LogP contribution is -2.40. The molecule has 7 rings (SSSR count). The van der Waals surface area contributed by atoms with E-state index in [0.29, 0.717) is 29.8 Å². The fourth-order valence-corrected chi connectivity index (χ4v) is 5.75. The molecule has 0 radical (unpaired) electrons. The molecule has 2 aromatic rings. The summed E-state index contributed by atoms with van der Waals surface area (Å²) < 4.78 is 5.79. The number of rotatable bonds is 5. The summed E-state index contributed by atoms with van der Waals surface area (Å²) in [5.74, 6) is 1.46. The second kappa shape index (κ2) is 7.16. The summed E-state index contributed by atoms with van der Waals surface area (Å²) in [6.07, 6.45) is 7.02. The Balaban J connectivity index is 1.13. The Morgan fingerprint density at radius 1 is 1.00 bits per heavy atom. The Hall–Kier alpha value is -3.72. The lowest BCUT2D eigenvalue weighted by Gasteiger charge is -2.37. The number of carbonyl (C=O) groups is 2. The summed E-state index contributed by atoms with van der Waals surface area (Å²) in [5, 5.41) is 14.5. The van der Waals surface area contributed by atoms with Crippen LogP contribution in [0.4, 0.5) is 0 Å².